The summed E-state index contributed by atoms with van der Waals surface area (Å²) in [6.07, 6.45) is -0.720. The average molecular weight is 381 g/mol. The van der Waals surface area contributed by atoms with Gasteiger partial charge in [0.25, 0.3) is 5.91 Å². The van der Waals surface area contributed by atoms with Crippen LogP contribution in [0.25, 0.3) is 0 Å². The number of aliphatic hydroxyl groups excluding tert-OH is 1. The van der Waals surface area contributed by atoms with E-state index in [0.717, 1.165) is 9.13 Å². The van der Waals surface area contributed by atoms with Crippen molar-refractivity contribution in [2.24, 2.45) is 0 Å². The molecule has 0 aromatic heterocycles. The fourth-order valence-corrected chi connectivity index (χ4v) is 2.48. The monoisotopic (exact) mass is 381 g/mol. The number of aliphatic hydroxyl groups is 1. The minimum Gasteiger partial charge on any atom is -0.386 e. The van der Waals surface area contributed by atoms with Gasteiger partial charge in [-0.25, -0.2) is 0 Å². The molecule has 0 radical (unpaired) electrons. The summed E-state index contributed by atoms with van der Waals surface area (Å²) in [6.45, 7) is 1.80. The molecule has 0 bridgehead atoms. The second-order valence-corrected chi connectivity index (χ2v) is 5.87. The standard InChI is InChI=1S/C16H16INO2/c1-11(15(19)12-6-3-2-4-7-12)18-16(20)13-8-5-9-14(17)10-13/h2-11,15,19H,1H3,(H,18,20). The van der Waals surface area contributed by atoms with Gasteiger partial charge in [-0.15, -0.1) is 0 Å². The Labute approximate surface area is 132 Å². The number of hydrogen-bond donors (Lipinski definition) is 2. The number of benzene rings is 2. The van der Waals surface area contributed by atoms with Crippen molar-refractivity contribution in [2.75, 3.05) is 0 Å². The quantitative estimate of drug-likeness (QED) is 0.800. The maximum Gasteiger partial charge on any atom is 0.251 e. The second kappa shape index (κ2) is 6.85. The van der Waals surface area contributed by atoms with Crippen molar-refractivity contribution in [1.82, 2.24) is 5.32 Å². The molecule has 3 nitrogen and oxygen atoms in total. The van der Waals surface area contributed by atoms with Gasteiger partial charge >= 0.3 is 0 Å². The van der Waals surface area contributed by atoms with Gasteiger partial charge in [0.05, 0.1) is 12.1 Å². The summed E-state index contributed by atoms with van der Waals surface area (Å²) in [6, 6.07) is 16.3. The van der Waals surface area contributed by atoms with Gasteiger partial charge in [-0.1, -0.05) is 36.4 Å². The maximum atomic E-state index is 12.1. The van der Waals surface area contributed by atoms with E-state index in [1.807, 2.05) is 48.5 Å². The first-order valence-electron chi connectivity index (χ1n) is 6.37. The minimum atomic E-state index is -0.720. The number of hydrogen-bond acceptors (Lipinski definition) is 2. The maximum absolute atomic E-state index is 12.1. The Hall–Kier alpha value is -1.40. The molecule has 2 rings (SSSR count). The minimum absolute atomic E-state index is 0.175. The molecule has 0 aliphatic rings. The van der Waals surface area contributed by atoms with Gasteiger partial charge in [0.1, 0.15) is 0 Å². The van der Waals surface area contributed by atoms with Crippen molar-refractivity contribution >= 4 is 28.5 Å². The van der Waals surface area contributed by atoms with Gasteiger partial charge in [-0.3, -0.25) is 4.79 Å². The Kier molecular flexibility index (Phi) is 5.14. The van der Waals surface area contributed by atoms with E-state index in [9.17, 15) is 9.90 Å². The van der Waals surface area contributed by atoms with Crippen molar-refractivity contribution in [2.45, 2.75) is 19.1 Å². The SMILES string of the molecule is CC(NC(=O)c1cccc(I)c1)C(O)c1ccccc1. The number of amides is 1. The van der Waals surface area contributed by atoms with Crippen LogP contribution in [0.1, 0.15) is 28.9 Å². The van der Waals surface area contributed by atoms with E-state index in [1.54, 1.807) is 13.0 Å². The third-order valence-corrected chi connectivity index (χ3v) is 3.73. The molecule has 104 valence electrons. The van der Waals surface area contributed by atoms with Crippen LogP contribution in [-0.4, -0.2) is 17.1 Å². The van der Waals surface area contributed by atoms with Crippen LogP contribution in [0.4, 0.5) is 0 Å². The second-order valence-electron chi connectivity index (χ2n) is 4.63. The van der Waals surface area contributed by atoms with E-state index in [0.29, 0.717) is 5.56 Å². The van der Waals surface area contributed by atoms with E-state index >= 15 is 0 Å². The van der Waals surface area contributed by atoms with Crippen LogP contribution >= 0.6 is 22.6 Å². The largest absolute Gasteiger partial charge is 0.386 e. The molecule has 0 spiro atoms. The molecule has 0 aliphatic carbocycles. The highest BCUT2D eigenvalue weighted by Gasteiger charge is 2.18. The van der Waals surface area contributed by atoms with E-state index < -0.39 is 6.10 Å². The van der Waals surface area contributed by atoms with E-state index in [2.05, 4.69) is 27.9 Å². The van der Waals surface area contributed by atoms with Gasteiger partial charge in [-0.2, -0.15) is 0 Å². The van der Waals surface area contributed by atoms with Crippen LogP contribution in [0.2, 0.25) is 0 Å². The molecule has 0 aliphatic heterocycles. The van der Waals surface area contributed by atoms with Crippen LogP contribution in [0.5, 0.6) is 0 Å². The third kappa shape index (κ3) is 3.80. The molecular weight excluding hydrogens is 365 g/mol. The first-order valence-corrected chi connectivity index (χ1v) is 7.45. The fourth-order valence-electron chi connectivity index (χ4n) is 1.94. The smallest absolute Gasteiger partial charge is 0.251 e. The van der Waals surface area contributed by atoms with Crippen LogP contribution < -0.4 is 5.32 Å². The van der Waals surface area contributed by atoms with Crippen LogP contribution in [0.3, 0.4) is 0 Å². The zero-order chi connectivity index (χ0) is 14.5. The number of nitrogens with one attached hydrogen (secondary N) is 1. The van der Waals surface area contributed by atoms with Crippen molar-refractivity contribution < 1.29 is 9.90 Å². The van der Waals surface area contributed by atoms with Gasteiger partial charge in [0.15, 0.2) is 0 Å². The number of carbonyl (C=O) groups excluding carboxylic acids is 1. The Morgan fingerprint density at radius 1 is 1.15 bits per heavy atom. The normalized spacial score (nSPS) is 13.6. The molecule has 2 aromatic carbocycles. The molecular formula is C16H16INO2. The van der Waals surface area contributed by atoms with Crippen molar-refractivity contribution in [3.63, 3.8) is 0 Å². The summed E-state index contributed by atoms with van der Waals surface area (Å²) in [5.74, 6) is -0.175. The van der Waals surface area contributed by atoms with Gasteiger partial charge in [0, 0.05) is 9.13 Å². The topological polar surface area (TPSA) is 49.3 Å². The summed E-state index contributed by atoms with van der Waals surface area (Å²) in [4.78, 5) is 12.1. The van der Waals surface area contributed by atoms with Gasteiger partial charge < -0.3 is 10.4 Å². The molecule has 0 fully saturated rings. The molecule has 0 saturated heterocycles. The fraction of sp³-hybridized carbons (Fsp3) is 0.188. The summed E-state index contributed by atoms with van der Waals surface area (Å²) in [5, 5.41) is 13.1. The van der Waals surface area contributed by atoms with Gasteiger partial charge in [-0.05, 0) is 53.3 Å². The molecule has 0 heterocycles. The molecule has 0 saturated carbocycles. The average Bonchev–Trinajstić information content (AvgIpc) is 2.47. The van der Waals surface area contributed by atoms with Crippen molar-refractivity contribution in [3.8, 4) is 0 Å². The highest BCUT2D eigenvalue weighted by molar-refractivity contribution is 14.1. The Morgan fingerprint density at radius 3 is 2.50 bits per heavy atom. The molecule has 2 atom stereocenters. The van der Waals surface area contributed by atoms with E-state index in [4.69, 9.17) is 0 Å². The summed E-state index contributed by atoms with van der Waals surface area (Å²) < 4.78 is 1.01. The van der Waals surface area contributed by atoms with Crippen LogP contribution in [0, 0.1) is 3.57 Å². The Bertz CT molecular complexity index is 586. The lowest BCUT2D eigenvalue weighted by atomic mass is 10.0. The highest BCUT2D eigenvalue weighted by atomic mass is 127. The molecule has 2 aromatic rings. The van der Waals surface area contributed by atoms with Crippen LogP contribution in [-0.2, 0) is 0 Å². The predicted octanol–water partition coefficient (Wildman–Crippen LogP) is 3.14. The van der Waals surface area contributed by atoms with E-state index in [-0.39, 0.29) is 11.9 Å². The number of halogens is 1. The number of rotatable bonds is 4. The molecule has 1 amide bonds. The highest BCUT2D eigenvalue weighted by Crippen LogP contribution is 2.16. The van der Waals surface area contributed by atoms with Crippen LogP contribution in [0.15, 0.2) is 54.6 Å². The predicted molar refractivity (Wildman–Crippen MR) is 87.5 cm³/mol. The molecule has 2 unspecified atom stereocenters. The Morgan fingerprint density at radius 2 is 1.85 bits per heavy atom. The zero-order valence-electron chi connectivity index (χ0n) is 11.1. The Balaban J connectivity index is 2.04. The lowest BCUT2D eigenvalue weighted by Crippen LogP contribution is -2.37. The summed E-state index contributed by atoms with van der Waals surface area (Å²) >= 11 is 2.17. The lowest BCUT2D eigenvalue weighted by molar-refractivity contribution is 0.0852. The molecule has 2 N–H and O–H groups in total. The zero-order valence-corrected chi connectivity index (χ0v) is 13.2. The number of carbonyl (C=O) groups is 1. The van der Waals surface area contributed by atoms with Crippen molar-refractivity contribution in [1.29, 1.82) is 0 Å². The molecule has 4 heteroatoms. The first kappa shape index (κ1) is 15.0. The summed E-state index contributed by atoms with van der Waals surface area (Å²) in [5.41, 5.74) is 1.40. The summed E-state index contributed by atoms with van der Waals surface area (Å²) in [7, 11) is 0. The first-order chi connectivity index (χ1) is 9.58. The third-order valence-electron chi connectivity index (χ3n) is 3.06. The molecule has 20 heavy (non-hydrogen) atoms. The lowest BCUT2D eigenvalue weighted by Gasteiger charge is -2.20. The van der Waals surface area contributed by atoms with E-state index in [1.165, 1.54) is 0 Å². The van der Waals surface area contributed by atoms with Gasteiger partial charge in [0.2, 0.25) is 0 Å². The van der Waals surface area contributed by atoms with Crippen molar-refractivity contribution in [3.05, 3.63) is 69.3 Å².